The highest BCUT2D eigenvalue weighted by Gasteiger charge is 2.31. The number of esters is 1. The predicted octanol–water partition coefficient (Wildman–Crippen LogP) is 2.82. The predicted molar refractivity (Wildman–Crippen MR) is 77.7 cm³/mol. The van der Waals surface area contributed by atoms with Gasteiger partial charge in [0, 0.05) is 22.8 Å². The van der Waals surface area contributed by atoms with E-state index in [-0.39, 0.29) is 5.78 Å². The van der Waals surface area contributed by atoms with Gasteiger partial charge in [-0.05, 0) is 31.5 Å². The monoisotopic (exact) mass is 325 g/mol. The van der Waals surface area contributed by atoms with Crippen molar-refractivity contribution in [2.24, 2.45) is 10.9 Å². The summed E-state index contributed by atoms with van der Waals surface area (Å²) in [4.78, 5) is 28.1. The van der Waals surface area contributed by atoms with Crippen LogP contribution < -0.4 is 0 Å². The summed E-state index contributed by atoms with van der Waals surface area (Å²) < 4.78 is 5.60. The van der Waals surface area contributed by atoms with E-state index in [0.717, 1.165) is 10.0 Å². The van der Waals surface area contributed by atoms with Crippen LogP contribution in [0.2, 0.25) is 0 Å². The van der Waals surface area contributed by atoms with E-state index in [0.29, 0.717) is 11.3 Å². The molecule has 0 amide bonds. The summed E-state index contributed by atoms with van der Waals surface area (Å²) in [6.45, 7) is 3.53. The number of methoxy groups -OCH3 is 1. The molecule has 0 saturated carbocycles. The standard InChI is InChI=1S/C14H16BrNO3/c1-8-7-10(5-6-11(8)15)13(17)12(9(2)16-3)14(18)19-4/h5-7,12H,1-4H3/b16-9+. The van der Waals surface area contributed by atoms with Crippen LogP contribution in [0.25, 0.3) is 0 Å². The molecule has 1 rings (SSSR count). The summed E-state index contributed by atoms with van der Waals surface area (Å²) in [5.74, 6) is -1.87. The molecular formula is C14H16BrNO3. The van der Waals surface area contributed by atoms with Crippen molar-refractivity contribution in [3.63, 3.8) is 0 Å². The first kappa shape index (κ1) is 15.6. The molecule has 5 heteroatoms. The van der Waals surface area contributed by atoms with Crippen molar-refractivity contribution in [3.05, 3.63) is 33.8 Å². The van der Waals surface area contributed by atoms with Gasteiger partial charge in [0.25, 0.3) is 0 Å². The van der Waals surface area contributed by atoms with Crippen LogP contribution in [0, 0.1) is 12.8 Å². The van der Waals surface area contributed by atoms with Gasteiger partial charge in [0.2, 0.25) is 0 Å². The van der Waals surface area contributed by atoms with Crippen LogP contribution in [0.4, 0.5) is 0 Å². The Morgan fingerprint density at radius 2 is 2.00 bits per heavy atom. The zero-order chi connectivity index (χ0) is 14.6. The van der Waals surface area contributed by atoms with E-state index in [2.05, 4.69) is 25.7 Å². The van der Waals surface area contributed by atoms with E-state index in [9.17, 15) is 9.59 Å². The molecule has 102 valence electrons. The number of carbonyl (C=O) groups excluding carboxylic acids is 2. The Balaban J connectivity index is 3.19. The first-order chi connectivity index (χ1) is 8.92. The number of hydrogen-bond donors (Lipinski definition) is 0. The maximum Gasteiger partial charge on any atom is 0.322 e. The van der Waals surface area contributed by atoms with Crippen molar-refractivity contribution in [2.45, 2.75) is 13.8 Å². The van der Waals surface area contributed by atoms with Crippen LogP contribution >= 0.6 is 15.9 Å². The number of nitrogens with zero attached hydrogens (tertiary/aromatic N) is 1. The third-order valence-corrected chi connectivity index (χ3v) is 3.80. The van der Waals surface area contributed by atoms with Crippen molar-refractivity contribution in [2.75, 3.05) is 14.2 Å². The molecule has 0 fully saturated rings. The maximum absolute atomic E-state index is 12.4. The van der Waals surface area contributed by atoms with Crippen molar-refractivity contribution in [3.8, 4) is 0 Å². The molecule has 1 aromatic carbocycles. The highest BCUT2D eigenvalue weighted by atomic mass is 79.9. The number of ketones is 1. The molecule has 1 atom stereocenters. The van der Waals surface area contributed by atoms with E-state index in [1.54, 1.807) is 32.2 Å². The lowest BCUT2D eigenvalue weighted by atomic mass is 9.93. The molecule has 0 bridgehead atoms. The Morgan fingerprint density at radius 1 is 1.37 bits per heavy atom. The molecule has 0 spiro atoms. The quantitative estimate of drug-likeness (QED) is 0.370. The molecule has 0 N–H and O–H groups in total. The first-order valence-electron chi connectivity index (χ1n) is 5.73. The van der Waals surface area contributed by atoms with Gasteiger partial charge in [0.05, 0.1) is 7.11 Å². The lowest BCUT2D eigenvalue weighted by Crippen LogP contribution is -2.31. The van der Waals surface area contributed by atoms with Crippen LogP contribution in [0.1, 0.15) is 22.8 Å². The zero-order valence-corrected chi connectivity index (χ0v) is 12.9. The van der Waals surface area contributed by atoms with Gasteiger partial charge >= 0.3 is 5.97 Å². The Bertz CT molecular complexity index is 537. The second kappa shape index (κ2) is 6.61. The fourth-order valence-corrected chi connectivity index (χ4v) is 1.93. The molecular weight excluding hydrogens is 310 g/mol. The van der Waals surface area contributed by atoms with E-state index >= 15 is 0 Å². The van der Waals surface area contributed by atoms with Crippen molar-refractivity contribution < 1.29 is 14.3 Å². The summed E-state index contributed by atoms with van der Waals surface area (Å²) >= 11 is 3.37. The number of halogens is 1. The molecule has 0 radical (unpaired) electrons. The fourth-order valence-electron chi connectivity index (χ4n) is 1.68. The third-order valence-electron chi connectivity index (χ3n) is 2.91. The molecule has 19 heavy (non-hydrogen) atoms. The minimum absolute atomic E-state index is 0.300. The topological polar surface area (TPSA) is 55.7 Å². The lowest BCUT2D eigenvalue weighted by Gasteiger charge is -2.13. The number of Topliss-reactive ketones (excluding diaryl/α,β-unsaturated/α-hetero) is 1. The molecule has 1 aromatic rings. The van der Waals surface area contributed by atoms with Crippen molar-refractivity contribution in [1.29, 1.82) is 0 Å². The highest BCUT2D eigenvalue weighted by molar-refractivity contribution is 9.10. The van der Waals surface area contributed by atoms with Crippen LogP contribution in [-0.4, -0.2) is 31.6 Å². The molecule has 0 aromatic heterocycles. The Hall–Kier alpha value is -1.49. The summed E-state index contributed by atoms with van der Waals surface area (Å²) in [6.07, 6.45) is 0. The van der Waals surface area contributed by atoms with Gasteiger partial charge in [-0.25, -0.2) is 0 Å². The van der Waals surface area contributed by atoms with Gasteiger partial charge in [-0.15, -0.1) is 0 Å². The average molecular weight is 326 g/mol. The lowest BCUT2D eigenvalue weighted by molar-refractivity contribution is -0.141. The van der Waals surface area contributed by atoms with Gasteiger partial charge in [-0.1, -0.05) is 22.0 Å². The van der Waals surface area contributed by atoms with Gasteiger partial charge in [0.1, 0.15) is 0 Å². The number of ether oxygens (including phenoxy) is 1. The van der Waals surface area contributed by atoms with Crippen LogP contribution in [0.3, 0.4) is 0 Å². The minimum Gasteiger partial charge on any atom is -0.468 e. The van der Waals surface area contributed by atoms with Crippen molar-refractivity contribution >= 4 is 33.4 Å². The fraction of sp³-hybridized carbons (Fsp3) is 0.357. The molecule has 0 aliphatic carbocycles. The Kier molecular flexibility index (Phi) is 5.42. The van der Waals surface area contributed by atoms with Crippen molar-refractivity contribution in [1.82, 2.24) is 0 Å². The highest BCUT2D eigenvalue weighted by Crippen LogP contribution is 2.20. The summed E-state index contributed by atoms with van der Waals surface area (Å²) in [7, 11) is 2.81. The molecule has 0 aliphatic heterocycles. The van der Waals surface area contributed by atoms with E-state index in [1.165, 1.54) is 7.11 Å². The number of rotatable bonds is 4. The minimum atomic E-state index is -0.976. The third kappa shape index (κ3) is 3.50. The smallest absolute Gasteiger partial charge is 0.322 e. The summed E-state index contributed by atoms with van der Waals surface area (Å²) in [5.41, 5.74) is 1.84. The van der Waals surface area contributed by atoms with Gasteiger partial charge in [-0.3, -0.25) is 14.6 Å². The maximum atomic E-state index is 12.4. The van der Waals surface area contributed by atoms with E-state index in [1.807, 2.05) is 6.92 Å². The summed E-state index contributed by atoms with van der Waals surface area (Å²) in [5, 5.41) is 0. The van der Waals surface area contributed by atoms with Crippen LogP contribution in [0.5, 0.6) is 0 Å². The van der Waals surface area contributed by atoms with Crippen LogP contribution in [-0.2, 0) is 9.53 Å². The number of carbonyl (C=O) groups is 2. The average Bonchev–Trinajstić information content (AvgIpc) is 2.41. The van der Waals surface area contributed by atoms with Gasteiger partial charge < -0.3 is 4.74 Å². The molecule has 4 nitrogen and oxygen atoms in total. The molecule has 1 unspecified atom stereocenters. The number of benzene rings is 1. The Morgan fingerprint density at radius 3 is 2.47 bits per heavy atom. The second-order valence-corrected chi connectivity index (χ2v) is 5.00. The largest absolute Gasteiger partial charge is 0.468 e. The Labute approximate surface area is 121 Å². The SMILES string of the molecule is C/N=C(\C)C(C(=O)OC)C(=O)c1ccc(Br)c(C)c1. The van der Waals surface area contributed by atoms with Gasteiger partial charge in [-0.2, -0.15) is 0 Å². The molecule has 0 heterocycles. The number of aryl methyl sites for hydroxylation is 1. The zero-order valence-electron chi connectivity index (χ0n) is 11.4. The number of hydrogen-bond acceptors (Lipinski definition) is 4. The van der Waals surface area contributed by atoms with E-state index in [4.69, 9.17) is 0 Å². The number of aliphatic imine (C=N–C) groups is 1. The second-order valence-electron chi connectivity index (χ2n) is 4.15. The first-order valence-corrected chi connectivity index (χ1v) is 6.53. The summed E-state index contributed by atoms with van der Waals surface area (Å²) in [6, 6.07) is 5.21. The molecule has 0 aliphatic rings. The normalized spacial score (nSPS) is 13.0. The van der Waals surface area contributed by atoms with Gasteiger partial charge in [0.15, 0.2) is 11.7 Å². The van der Waals surface area contributed by atoms with E-state index < -0.39 is 11.9 Å². The van der Waals surface area contributed by atoms with Crippen LogP contribution in [0.15, 0.2) is 27.7 Å². The molecule has 0 saturated heterocycles.